The minimum Gasteiger partial charge on any atom is -0.465 e. The van der Waals surface area contributed by atoms with Gasteiger partial charge in [0, 0.05) is 22.2 Å². The van der Waals surface area contributed by atoms with Crippen molar-refractivity contribution in [2.45, 2.75) is 4.90 Å². The molecule has 0 radical (unpaired) electrons. The average Bonchev–Trinajstić information content (AvgIpc) is 2.34. The summed E-state index contributed by atoms with van der Waals surface area (Å²) < 4.78 is 0. The Labute approximate surface area is 114 Å². The van der Waals surface area contributed by atoms with Crippen LogP contribution in [0.2, 0.25) is 5.02 Å². The maximum Gasteiger partial charge on any atom is 0.404 e. The topological polar surface area (TPSA) is 49.3 Å². The molecule has 0 heterocycles. The van der Waals surface area contributed by atoms with Crippen LogP contribution in [0.5, 0.6) is 0 Å². The number of nitrogens with one attached hydrogen (secondary N) is 1. The van der Waals surface area contributed by atoms with Crippen LogP contribution in [0.15, 0.2) is 41.3 Å². The first-order valence-electron chi connectivity index (χ1n) is 5.44. The molecular formula is C13H12ClNO2S. The molecule has 2 rings (SSSR count). The van der Waals surface area contributed by atoms with Crippen molar-refractivity contribution in [1.82, 2.24) is 5.32 Å². The van der Waals surface area contributed by atoms with Crippen molar-refractivity contribution in [3.8, 4) is 0 Å². The Morgan fingerprint density at radius 1 is 1.22 bits per heavy atom. The van der Waals surface area contributed by atoms with E-state index in [1.54, 1.807) is 11.8 Å². The fraction of sp³-hybridized carbons (Fsp3) is 0.154. The Morgan fingerprint density at radius 2 is 1.94 bits per heavy atom. The zero-order chi connectivity index (χ0) is 13.0. The lowest BCUT2D eigenvalue weighted by Gasteiger charge is -2.04. The van der Waals surface area contributed by atoms with E-state index in [9.17, 15) is 4.79 Å². The molecule has 94 valence electrons. The van der Waals surface area contributed by atoms with Gasteiger partial charge < -0.3 is 10.4 Å². The van der Waals surface area contributed by atoms with E-state index in [1.165, 1.54) is 0 Å². The summed E-state index contributed by atoms with van der Waals surface area (Å²) in [6.07, 6.45) is -0.983. The number of hydrogen-bond donors (Lipinski definition) is 2. The van der Waals surface area contributed by atoms with E-state index in [0.29, 0.717) is 12.3 Å². The lowest BCUT2D eigenvalue weighted by molar-refractivity contribution is 0.195. The fourth-order valence-electron chi connectivity index (χ4n) is 1.61. The maximum atomic E-state index is 10.3. The van der Waals surface area contributed by atoms with Crippen LogP contribution in [-0.4, -0.2) is 23.5 Å². The molecule has 2 aromatic rings. The Balaban J connectivity index is 2.01. The first kappa shape index (κ1) is 13.1. The van der Waals surface area contributed by atoms with Crippen LogP contribution in [0.3, 0.4) is 0 Å². The van der Waals surface area contributed by atoms with Gasteiger partial charge in [0.25, 0.3) is 0 Å². The molecule has 0 unspecified atom stereocenters. The highest BCUT2D eigenvalue weighted by atomic mass is 35.5. The van der Waals surface area contributed by atoms with Gasteiger partial charge in [-0.3, -0.25) is 0 Å². The van der Waals surface area contributed by atoms with Crippen LogP contribution in [0.4, 0.5) is 4.79 Å². The van der Waals surface area contributed by atoms with Crippen molar-refractivity contribution in [1.29, 1.82) is 0 Å². The molecule has 0 aliphatic rings. The summed E-state index contributed by atoms with van der Waals surface area (Å²) in [5.74, 6) is 0.714. The monoisotopic (exact) mass is 281 g/mol. The van der Waals surface area contributed by atoms with Crippen LogP contribution in [0, 0.1) is 0 Å². The summed E-state index contributed by atoms with van der Waals surface area (Å²) in [6.45, 7) is 0.443. The van der Waals surface area contributed by atoms with E-state index < -0.39 is 6.09 Å². The molecule has 0 saturated carbocycles. The Kier molecular flexibility index (Phi) is 4.33. The van der Waals surface area contributed by atoms with Crippen LogP contribution in [0.1, 0.15) is 0 Å². The van der Waals surface area contributed by atoms with Gasteiger partial charge in [-0.2, -0.15) is 0 Å². The molecular weight excluding hydrogens is 270 g/mol. The number of amides is 1. The van der Waals surface area contributed by atoms with E-state index in [-0.39, 0.29) is 0 Å². The summed E-state index contributed by atoms with van der Waals surface area (Å²) in [5.41, 5.74) is 0. The van der Waals surface area contributed by atoms with Gasteiger partial charge in [0.2, 0.25) is 0 Å². The van der Waals surface area contributed by atoms with Gasteiger partial charge in [-0.15, -0.1) is 11.8 Å². The number of hydrogen-bond acceptors (Lipinski definition) is 2. The minimum atomic E-state index is -0.983. The first-order valence-corrected chi connectivity index (χ1v) is 6.80. The van der Waals surface area contributed by atoms with Crippen LogP contribution >= 0.6 is 23.4 Å². The molecule has 0 bridgehead atoms. The van der Waals surface area contributed by atoms with E-state index in [4.69, 9.17) is 16.7 Å². The van der Waals surface area contributed by atoms with Gasteiger partial charge in [0.1, 0.15) is 0 Å². The Hall–Kier alpha value is -1.39. The zero-order valence-electron chi connectivity index (χ0n) is 9.52. The Bertz CT molecular complexity index is 574. The van der Waals surface area contributed by atoms with Crippen LogP contribution in [0.25, 0.3) is 10.8 Å². The van der Waals surface area contributed by atoms with Gasteiger partial charge in [0.05, 0.1) is 0 Å². The van der Waals surface area contributed by atoms with Crippen molar-refractivity contribution < 1.29 is 9.90 Å². The molecule has 0 aliphatic carbocycles. The predicted octanol–water partition coefficient (Wildman–Crippen LogP) is 3.85. The molecule has 1 amide bonds. The van der Waals surface area contributed by atoms with Crippen LogP contribution < -0.4 is 5.32 Å². The highest BCUT2D eigenvalue weighted by molar-refractivity contribution is 7.99. The highest BCUT2D eigenvalue weighted by Crippen LogP contribution is 2.25. The average molecular weight is 282 g/mol. The molecule has 0 fully saturated rings. The third-order valence-electron chi connectivity index (χ3n) is 2.42. The molecule has 0 aliphatic heterocycles. The van der Waals surface area contributed by atoms with Gasteiger partial charge in [-0.25, -0.2) is 4.79 Å². The third-order valence-corrected chi connectivity index (χ3v) is 3.65. The van der Waals surface area contributed by atoms with Gasteiger partial charge in [0.15, 0.2) is 0 Å². The van der Waals surface area contributed by atoms with E-state index >= 15 is 0 Å². The summed E-state index contributed by atoms with van der Waals surface area (Å²) in [5, 5.41) is 13.8. The number of halogens is 1. The summed E-state index contributed by atoms with van der Waals surface area (Å²) in [4.78, 5) is 11.4. The largest absolute Gasteiger partial charge is 0.465 e. The normalized spacial score (nSPS) is 10.5. The van der Waals surface area contributed by atoms with E-state index in [1.807, 2.05) is 30.3 Å². The Morgan fingerprint density at radius 3 is 2.72 bits per heavy atom. The molecule has 18 heavy (non-hydrogen) atoms. The second kappa shape index (κ2) is 5.98. The van der Waals surface area contributed by atoms with Gasteiger partial charge in [-0.1, -0.05) is 23.7 Å². The maximum absolute atomic E-state index is 10.3. The SMILES string of the molecule is O=C(O)NCCSc1ccc2cc(Cl)ccc2c1. The molecule has 3 nitrogen and oxygen atoms in total. The van der Waals surface area contributed by atoms with Gasteiger partial charge >= 0.3 is 6.09 Å². The smallest absolute Gasteiger partial charge is 0.404 e. The predicted molar refractivity (Wildman–Crippen MR) is 75.7 cm³/mol. The van der Waals surface area contributed by atoms with Gasteiger partial charge in [-0.05, 0) is 35.0 Å². The molecule has 0 saturated heterocycles. The van der Waals surface area contributed by atoms with E-state index in [0.717, 1.165) is 20.7 Å². The molecule has 0 atom stereocenters. The number of thioether (sulfide) groups is 1. The number of rotatable bonds is 4. The van der Waals surface area contributed by atoms with E-state index in [2.05, 4.69) is 11.4 Å². The highest BCUT2D eigenvalue weighted by Gasteiger charge is 1.99. The lowest BCUT2D eigenvalue weighted by Crippen LogP contribution is -2.23. The van der Waals surface area contributed by atoms with Crippen molar-refractivity contribution in [2.75, 3.05) is 12.3 Å². The third kappa shape index (κ3) is 3.55. The van der Waals surface area contributed by atoms with Crippen molar-refractivity contribution >= 4 is 40.2 Å². The lowest BCUT2D eigenvalue weighted by atomic mass is 10.1. The first-order chi connectivity index (χ1) is 8.65. The molecule has 0 spiro atoms. The summed E-state index contributed by atoms with van der Waals surface area (Å²) in [7, 11) is 0. The zero-order valence-corrected chi connectivity index (χ0v) is 11.1. The minimum absolute atomic E-state index is 0.443. The second-order valence-corrected chi connectivity index (χ2v) is 5.34. The van der Waals surface area contributed by atoms with Crippen molar-refractivity contribution in [3.05, 3.63) is 41.4 Å². The summed E-state index contributed by atoms with van der Waals surface area (Å²) in [6, 6.07) is 11.9. The molecule has 2 N–H and O–H groups in total. The number of fused-ring (bicyclic) bond motifs is 1. The fourth-order valence-corrected chi connectivity index (χ4v) is 2.61. The van der Waals surface area contributed by atoms with Crippen molar-refractivity contribution in [2.24, 2.45) is 0 Å². The summed E-state index contributed by atoms with van der Waals surface area (Å²) >= 11 is 7.54. The standard InChI is InChI=1S/C13H12ClNO2S/c14-11-3-1-10-8-12(4-2-9(10)7-11)18-6-5-15-13(16)17/h1-4,7-8,15H,5-6H2,(H,16,17). The number of carbonyl (C=O) groups is 1. The van der Waals surface area contributed by atoms with Crippen molar-refractivity contribution in [3.63, 3.8) is 0 Å². The molecule has 5 heteroatoms. The quantitative estimate of drug-likeness (QED) is 0.661. The van der Waals surface area contributed by atoms with Crippen LogP contribution in [-0.2, 0) is 0 Å². The molecule has 0 aromatic heterocycles. The molecule has 2 aromatic carbocycles. The number of benzene rings is 2. The number of carboxylic acid groups (broad SMARTS) is 1. The second-order valence-electron chi connectivity index (χ2n) is 3.73.